The van der Waals surface area contributed by atoms with Gasteiger partial charge < -0.3 is 19.7 Å². The zero-order chi connectivity index (χ0) is 15.0. The Bertz CT molecular complexity index is 663. The van der Waals surface area contributed by atoms with Crippen molar-refractivity contribution >= 4 is 22.8 Å². The fourth-order valence-electron chi connectivity index (χ4n) is 2.33. The van der Waals surface area contributed by atoms with Crippen molar-refractivity contribution in [1.29, 1.82) is 0 Å². The lowest BCUT2D eigenvalue weighted by Gasteiger charge is -2.21. The molecule has 1 aliphatic rings. The zero-order valence-electron chi connectivity index (χ0n) is 12.2. The van der Waals surface area contributed by atoms with Crippen LogP contribution in [0.4, 0.5) is 10.5 Å². The molecule has 0 radical (unpaired) electrons. The molecule has 6 heteroatoms. The number of anilines is 1. The van der Waals surface area contributed by atoms with Crippen molar-refractivity contribution in [3.63, 3.8) is 0 Å². The molecule has 1 aromatic heterocycles. The molecule has 0 saturated heterocycles. The number of hydrogen-bond donors (Lipinski definition) is 2. The molecule has 0 spiro atoms. The molecule has 1 aliphatic carbocycles. The van der Waals surface area contributed by atoms with E-state index in [0.29, 0.717) is 35.1 Å². The average molecular weight is 289 g/mol. The summed E-state index contributed by atoms with van der Waals surface area (Å²) in [4.78, 5) is 17.8. The van der Waals surface area contributed by atoms with Gasteiger partial charge in [-0.05, 0) is 37.0 Å². The van der Waals surface area contributed by atoms with Crippen LogP contribution in [0.15, 0.2) is 22.6 Å². The van der Waals surface area contributed by atoms with Gasteiger partial charge in [-0.25, -0.2) is 9.78 Å². The molecular formula is C15H19N3O3. The van der Waals surface area contributed by atoms with Crippen molar-refractivity contribution in [3.8, 4) is 0 Å². The molecule has 6 nitrogen and oxygen atoms in total. The average Bonchev–Trinajstić information content (AvgIpc) is 3.20. The van der Waals surface area contributed by atoms with Crippen LogP contribution in [0.2, 0.25) is 0 Å². The Hall–Kier alpha value is -2.08. The lowest BCUT2D eigenvalue weighted by molar-refractivity contribution is 0.117. The summed E-state index contributed by atoms with van der Waals surface area (Å²) in [5, 5.41) is 12.7. The Morgan fingerprint density at radius 2 is 2.33 bits per heavy atom. The number of nitrogens with one attached hydrogen (secondary N) is 1. The second-order valence-corrected chi connectivity index (χ2v) is 5.63. The van der Waals surface area contributed by atoms with Crippen LogP contribution in [-0.2, 0) is 0 Å². The Kier molecular flexibility index (Phi) is 3.55. The monoisotopic (exact) mass is 289 g/mol. The molecule has 2 aromatic rings. The van der Waals surface area contributed by atoms with Gasteiger partial charge in [0.05, 0.1) is 6.10 Å². The fraction of sp³-hybridized carbons (Fsp3) is 0.467. The van der Waals surface area contributed by atoms with Crippen LogP contribution < -0.4 is 5.32 Å². The highest BCUT2D eigenvalue weighted by atomic mass is 16.3. The van der Waals surface area contributed by atoms with Gasteiger partial charge in [0.1, 0.15) is 5.52 Å². The Morgan fingerprint density at radius 3 is 3.05 bits per heavy atom. The summed E-state index contributed by atoms with van der Waals surface area (Å²) < 4.78 is 5.39. The van der Waals surface area contributed by atoms with E-state index in [2.05, 4.69) is 10.3 Å². The van der Waals surface area contributed by atoms with Crippen LogP contribution in [0.5, 0.6) is 0 Å². The van der Waals surface area contributed by atoms with Crippen molar-refractivity contribution in [3.05, 3.63) is 24.1 Å². The van der Waals surface area contributed by atoms with E-state index in [1.165, 1.54) is 4.90 Å². The maximum absolute atomic E-state index is 12.1. The lowest BCUT2D eigenvalue weighted by Crippen LogP contribution is -2.37. The summed E-state index contributed by atoms with van der Waals surface area (Å²) in [7, 11) is 1.68. The van der Waals surface area contributed by atoms with E-state index >= 15 is 0 Å². The van der Waals surface area contributed by atoms with Gasteiger partial charge in [-0.1, -0.05) is 0 Å². The molecule has 1 atom stereocenters. The van der Waals surface area contributed by atoms with E-state index in [9.17, 15) is 9.90 Å². The van der Waals surface area contributed by atoms with E-state index in [1.807, 2.05) is 0 Å². The number of oxazole rings is 1. The SMILES string of the molecule is Cc1nc2cc(NC(=O)N(C)CC(O)C3CC3)ccc2o1. The zero-order valence-corrected chi connectivity index (χ0v) is 12.2. The van der Waals surface area contributed by atoms with Crippen LogP contribution in [0.25, 0.3) is 11.1 Å². The first-order chi connectivity index (χ1) is 10.0. The van der Waals surface area contributed by atoms with Gasteiger partial charge >= 0.3 is 6.03 Å². The number of hydrogen-bond acceptors (Lipinski definition) is 4. The molecule has 0 aliphatic heterocycles. The number of carbonyl (C=O) groups excluding carboxylic acids is 1. The highest BCUT2D eigenvalue weighted by Gasteiger charge is 2.31. The molecule has 1 heterocycles. The number of aromatic nitrogens is 1. The number of fused-ring (bicyclic) bond motifs is 1. The normalized spacial score (nSPS) is 16.0. The number of amides is 2. The van der Waals surface area contributed by atoms with Crippen LogP contribution in [0, 0.1) is 12.8 Å². The quantitative estimate of drug-likeness (QED) is 0.905. The summed E-state index contributed by atoms with van der Waals surface area (Å²) in [6.07, 6.45) is 1.68. The van der Waals surface area contributed by atoms with Gasteiger partial charge in [0.25, 0.3) is 0 Å². The van der Waals surface area contributed by atoms with Crippen molar-refractivity contribution in [2.45, 2.75) is 25.9 Å². The third-order valence-electron chi connectivity index (χ3n) is 3.72. The number of aliphatic hydroxyl groups is 1. The number of rotatable bonds is 4. The molecule has 1 saturated carbocycles. The number of urea groups is 1. The van der Waals surface area contributed by atoms with E-state index in [0.717, 1.165) is 12.8 Å². The molecule has 21 heavy (non-hydrogen) atoms. The van der Waals surface area contributed by atoms with Crippen LogP contribution >= 0.6 is 0 Å². The van der Waals surface area contributed by atoms with Crippen molar-refractivity contribution in [2.24, 2.45) is 5.92 Å². The highest BCUT2D eigenvalue weighted by molar-refractivity contribution is 5.91. The molecule has 0 bridgehead atoms. The van der Waals surface area contributed by atoms with E-state index < -0.39 is 6.10 Å². The van der Waals surface area contributed by atoms with E-state index in [-0.39, 0.29) is 6.03 Å². The van der Waals surface area contributed by atoms with Gasteiger partial charge in [-0.2, -0.15) is 0 Å². The largest absolute Gasteiger partial charge is 0.441 e. The van der Waals surface area contributed by atoms with E-state index in [1.54, 1.807) is 32.2 Å². The second kappa shape index (κ2) is 5.37. The van der Waals surface area contributed by atoms with Crippen LogP contribution in [0.1, 0.15) is 18.7 Å². The first kappa shape index (κ1) is 13.9. The molecule has 2 amide bonds. The van der Waals surface area contributed by atoms with Gasteiger partial charge in [0, 0.05) is 26.2 Å². The number of aryl methyl sites for hydroxylation is 1. The second-order valence-electron chi connectivity index (χ2n) is 5.63. The van der Waals surface area contributed by atoms with Crippen LogP contribution in [0.3, 0.4) is 0 Å². The summed E-state index contributed by atoms with van der Waals surface area (Å²) in [6.45, 7) is 2.13. The first-order valence-corrected chi connectivity index (χ1v) is 7.10. The summed E-state index contributed by atoms with van der Waals surface area (Å²) in [5.74, 6) is 0.952. The number of nitrogens with zero attached hydrogens (tertiary/aromatic N) is 2. The van der Waals surface area contributed by atoms with Gasteiger partial charge in [0.15, 0.2) is 11.5 Å². The standard InChI is InChI=1S/C15H19N3O3/c1-9-16-12-7-11(5-6-14(12)21-9)17-15(20)18(2)8-13(19)10-3-4-10/h5-7,10,13,19H,3-4,8H2,1-2H3,(H,17,20). The molecular weight excluding hydrogens is 270 g/mol. The minimum Gasteiger partial charge on any atom is -0.441 e. The Labute approximate surface area is 122 Å². The Balaban J connectivity index is 1.64. The minimum atomic E-state index is -0.429. The van der Waals surface area contributed by atoms with Crippen molar-refractivity contribution < 1.29 is 14.3 Å². The molecule has 3 rings (SSSR count). The van der Waals surface area contributed by atoms with Gasteiger partial charge in [0.2, 0.25) is 0 Å². The molecule has 112 valence electrons. The predicted molar refractivity (Wildman–Crippen MR) is 79.1 cm³/mol. The maximum Gasteiger partial charge on any atom is 0.321 e. The third kappa shape index (κ3) is 3.16. The van der Waals surface area contributed by atoms with Crippen molar-refractivity contribution in [1.82, 2.24) is 9.88 Å². The summed E-state index contributed by atoms with van der Waals surface area (Å²) in [6, 6.07) is 5.09. The predicted octanol–water partition coefficient (Wildman–Crippen LogP) is 2.37. The van der Waals surface area contributed by atoms with E-state index in [4.69, 9.17) is 4.42 Å². The molecule has 2 N–H and O–H groups in total. The number of likely N-dealkylation sites (N-methyl/N-ethyl adjacent to an activating group) is 1. The smallest absolute Gasteiger partial charge is 0.321 e. The summed E-state index contributed by atoms with van der Waals surface area (Å²) in [5.41, 5.74) is 2.07. The lowest BCUT2D eigenvalue weighted by atomic mass is 10.2. The number of carbonyl (C=O) groups is 1. The van der Waals surface area contributed by atoms with Crippen molar-refractivity contribution in [2.75, 3.05) is 18.9 Å². The minimum absolute atomic E-state index is 0.241. The van der Waals surface area contributed by atoms with Crippen LogP contribution in [-0.4, -0.2) is 40.7 Å². The van der Waals surface area contributed by atoms with Gasteiger partial charge in [-0.3, -0.25) is 0 Å². The molecule has 1 fully saturated rings. The number of benzene rings is 1. The topological polar surface area (TPSA) is 78.6 Å². The highest BCUT2D eigenvalue weighted by Crippen LogP contribution is 2.32. The Morgan fingerprint density at radius 1 is 1.57 bits per heavy atom. The number of aliphatic hydroxyl groups excluding tert-OH is 1. The summed E-state index contributed by atoms with van der Waals surface area (Å²) >= 11 is 0. The molecule has 1 unspecified atom stereocenters. The molecule has 1 aromatic carbocycles. The van der Waals surface area contributed by atoms with Gasteiger partial charge in [-0.15, -0.1) is 0 Å². The maximum atomic E-state index is 12.1. The first-order valence-electron chi connectivity index (χ1n) is 7.10. The third-order valence-corrected chi connectivity index (χ3v) is 3.72. The fourth-order valence-corrected chi connectivity index (χ4v) is 2.33.